The second kappa shape index (κ2) is 8.86. The second-order valence-corrected chi connectivity index (χ2v) is 5.09. The van der Waals surface area contributed by atoms with Crippen molar-refractivity contribution >= 4 is 6.08 Å². The first-order chi connectivity index (χ1) is 9.45. The molecule has 0 saturated carbocycles. The van der Waals surface area contributed by atoms with E-state index < -0.39 is 0 Å². The van der Waals surface area contributed by atoms with Gasteiger partial charge in [-0.15, -0.1) is 0 Å². The largest absolute Gasteiger partial charge is 0.370 e. The molecule has 1 aliphatic rings. The van der Waals surface area contributed by atoms with E-state index in [1.54, 1.807) is 4.90 Å². The van der Waals surface area contributed by atoms with E-state index >= 15 is 0 Å². The van der Waals surface area contributed by atoms with Gasteiger partial charge in [-0.25, -0.2) is 0 Å². The molecule has 0 bridgehead atoms. The molecule has 1 aromatic rings. The highest BCUT2D eigenvalue weighted by Gasteiger charge is 2.12. The molecule has 19 heavy (non-hydrogen) atoms. The Kier molecular flexibility index (Phi) is 6.65. The summed E-state index contributed by atoms with van der Waals surface area (Å²) in [5.41, 5.74) is 1.29. The van der Waals surface area contributed by atoms with E-state index in [2.05, 4.69) is 47.8 Å². The van der Waals surface area contributed by atoms with Crippen molar-refractivity contribution in [2.75, 3.05) is 45.9 Å². The Labute approximate surface area is 116 Å². The summed E-state index contributed by atoms with van der Waals surface area (Å²) in [6.07, 6.45) is 5.75. The highest BCUT2D eigenvalue weighted by molar-refractivity contribution is 5.48. The average molecular weight is 262 g/mol. The van der Waals surface area contributed by atoms with Crippen LogP contribution in [0.4, 0.5) is 0 Å². The normalized spacial score (nSPS) is 17.1. The fraction of sp³-hybridized carbons (Fsp3) is 0.500. The maximum atomic E-state index is 5.36. The van der Waals surface area contributed by atoms with Gasteiger partial charge in [0.15, 0.2) is 0 Å². The minimum absolute atomic E-state index is 0.943. The number of ether oxygens (including phenoxy) is 1. The number of hydrogen-bond acceptors (Lipinski definition) is 1. The summed E-state index contributed by atoms with van der Waals surface area (Å²) >= 11 is 0. The molecule has 0 aromatic heterocycles. The van der Waals surface area contributed by atoms with E-state index in [0.717, 1.165) is 19.8 Å². The van der Waals surface area contributed by atoms with Crippen LogP contribution in [0.3, 0.4) is 0 Å². The lowest BCUT2D eigenvalue weighted by atomic mass is 10.2. The molecular weight excluding hydrogens is 236 g/mol. The van der Waals surface area contributed by atoms with E-state index in [0.29, 0.717) is 0 Å². The van der Waals surface area contributed by atoms with E-state index in [-0.39, 0.29) is 0 Å². The summed E-state index contributed by atoms with van der Waals surface area (Å²) < 4.78 is 5.36. The van der Waals surface area contributed by atoms with E-state index in [9.17, 15) is 0 Å². The van der Waals surface area contributed by atoms with Crippen LogP contribution in [0.5, 0.6) is 0 Å². The van der Waals surface area contributed by atoms with E-state index in [1.807, 2.05) is 0 Å². The zero-order valence-corrected chi connectivity index (χ0v) is 11.7. The summed E-state index contributed by atoms with van der Waals surface area (Å²) in [5, 5.41) is 2.39. The molecule has 0 spiro atoms. The summed E-state index contributed by atoms with van der Waals surface area (Å²) in [4.78, 5) is 1.71. The van der Waals surface area contributed by atoms with Gasteiger partial charge < -0.3 is 15.0 Å². The Balaban J connectivity index is 1.49. The SMILES string of the molecule is C(=C\c1ccccc1)/C[NH2+]CCC[NH+]1CCOCC1. The van der Waals surface area contributed by atoms with Crippen LogP contribution in [0.1, 0.15) is 12.0 Å². The summed E-state index contributed by atoms with van der Waals surface area (Å²) in [5.74, 6) is 0. The van der Waals surface area contributed by atoms with Crippen LogP contribution < -0.4 is 10.2 Å². The number of nitrogens with two attached hydrogens (primary N) is 1. The zero-order chi connectivity index (χ0) is 13.2. The molecule has 0 aliphatic carbocycles. The Bertz CT molecular complexity index is 358. The zero-order valence-electron chi connectivity index (χ0n) is 11.7. The first-order valence-corrected chi connectivity index (χ1v) is 7.40. The third-order valence-corrected chi connectivity index (χ3v) is 3.55. The maximum absolute atomic E-state index is 5.36. The van der Waals surface area contributed by atoms with Crippen LogP contribution >= 0.6 is 0 Å². The van der Waals surface area contributed by atoms with Crippen LogP contribution in [0, 0.1) is 0 Å². The molecule has 3 nitrogen and oxygen atoms in total. The summed E-state index contributed by atoms with van der Waals surface area (Å²) in [6, 6.07) is 10.5. The van der Waals surface area contributed by atoms with Gasteiger partial charge in [0.1, 0.15) is 13.1 Å². The van der Waals surface area contributed by atoms with Gasteiger partial charge >= 0.3 is 0 Å². The van der Waals surface area contributed by atoms with Crippen molar-refractivity contribution in [1.82, 2.24) is 0 Å². The van der Waals surface area contributed by atoms with Crippen LogP contribution in [-0.2, 0) is 4.74 Å². The maximum Gasteiger partial charge on any atom is 0.101 e. The third-order valence-electron chi connectivity index (χ3n) is 3.55. The van der Waals surface area contributed by atoms with Gasteiger partial charge in [0.25, 0.3) is 0 Å². The lowest BCUT2D eigenvalue weighted by Gasteiger charge is -2.23. The summed E-state index contributed by atoms with van der Waals surface area (Å²) in [6.45, 7) is 7.86. The Morgan fingerprint density at radius 3 is 2.74 bits per heavy atom. The summed E-state index contributed by atoms with van der Waals surface area (Å²) in [7, 11) is 0. The van der Waals surface area contributed by atoms with Gasteiger partial charge in [-0.2, -0.15) is 0 Å². The first kappa shape index (κ1) is 14.3. The molecule has 1 saturated heterocycles. The van der Waals surface area contributed by atoms with Crippen molar-refractivity contribution in [3.8, 4) is 0 Å². The molecule has 3 N–H and O–H groups in total. The van der Waals surface area contributed by atoms with Crippen molar-refractivity contribution in [2.45, 2.75) is 6.42 Å². The van der Waals surface area contributed by atoms with Gasteiger partial charge in [-0.3, -0.25) is 0 Å². The third kappa shape index (κ3) is 6.01. The topological polar surface area (TPSA) is 30.3 Å². The van der Waals surface area contributed by atoms with Gasteiger partial charge in [0.2, 0.25) is 0 Å². The molecule has 1 aliphatic heterocycles. The number of morpholine rings is 1. The fourth-order valence-corrected chi connectivity index (χ4v) is 2.39. The van der Waals surface area contributed by atoms with Gasteiger partial charge in [0.05, 0.1) is 32.8 Å². The van der Waals surface area contributed by atoms with E-state index in [1.165, 1.54) is 38.2 Å². The standard InChI is InChI=1S/C16H24N2O/c1-2-6-16(7-3-1)8-4-9-17-10-5-11-18-12-14-19-15-13-18/h1-4,6-8,17H,5,9-15H2/p+2/b8-4+. The molecule has 1 heterocycles. The minimum Gasteiger partial charge on any atom is -0.370 e. The molecular formula is C16H26N2O+2. The number of hydrogen-bond donors (Lipinski definition) is 2. The minimum atomic E-state index is 0.943. The number of rotatable bonds is 7. The molecule has 1 aromatic carbocycles. The fourth-order valence-electron chi connectivity index (χ4n) is 2.39. The molecule has 0 amide bonds. The first-order valence-electron chi connectivity index (χ1n) is 7.40. The predicted molar refractivity (Wildman–Crippen MR) is 78.1 cm³/mol. The molecule has 3 heteroatoms. The van der Waals surface area contributed by atoms with Crippen LogP contribution in [-0.4, -0.2) is 45.9 Å². The molecule has 1 fully saturated rings. The number of benzene rings is 1. The quantitative estimate of drug-likeness (QED) is 0.642. The van der Waals surface area contributed by atoms with E-state index in [4.69, 9.17) is 4.74 Å². The lowest BCUT2D eigenvalue weighted by molar-refractivity contribution is -0.909. The van der Waals surface area contributed by atoms with Crippen LogP contribution in [0.2, 0.25) is 0 Å². The highest BCUT2D eigenvalue weighted by atomic mass is 16.5. The predicted octanol–water partition coefficient (Wildman–Crippen LogP) is -0.432. The van der Waals surface area contributed by atoms with Crippen molar-refractivity contribution < 1.29 is 15.0 Å². The second-order valence-electron chi connectivity index (χ2n) is 5.09. The Morgan fingerprint density at radius 2 is 1.95 bits per heavy atom. The monoisotopic (exact) mass is 262 g/mol. The molecule has 0 atom stereocenters. The molecule has 2 rings (SSSR count). The van der Waals surface area contributed by atoms with Crippen molar-refractivity contribution in [3.05, 3.63) is 42.0 Å². The van der Waals surface area contributed by atoms with Crippen molar-refractivity contribution in [1.29, 1.82) is 0 Å². The Hall–Kier alpha value is -1.16. The van der Waals surface area contributed by atoms with Gasteiger partial charge in [-0.05, 0) is 11.6 Å². The number of nitrogens with one attached hydrogen (secondary N) is 1. The lowest BCUT2D eigenvalue weighted by Crippen LogP contribution is -3.14. The van der Waals surface area contributed by atoms with Gasteiger partial charge in [0, 0.05) is 6.42 Å². The van der Waals surface area contributed by atoms with Crippen LogP contribution in [0.25, 0.3) is 6.08 Å². The average Bonchev–Trinajstić information content (AvgIpc) is 2.48. The smallest absolute Gasteiger partial charge is 0.101 e. The van der Waals surface area contributed by atoms with Crippen molar-refractivity contribution in [3.63, 3.8) is 0 Å². The number of quaternary nitrogens is 2. The Morgan fingerprint density at radius 1 is 1.16 bits per heavy atom. The van der Waals surface area contributed by atoms with Gasteiger partial charge in [-0.1, -0.05) is 36.4 Å². The molecule has 0 radical (unpaired) electrons. The van der Waals surface area contributed by atoms with Crippen molar-refractivity contribution in [2.24, 2.45) is 0 Å². The molecule has 0 unspecified atom stereocenters. The highest BCUT2D eigenvalue weighted by Crippen LogP contribution is 1.99. The molecule has 104 valence electrons. The van der Waals surface area contributed by atoms with Crippen LogP contribution in [0.15, 0.2) is 36.4 Å².